The van der Waals surface area contributed by atoms with Crippen molar-refractivity contribution >= 4 is 58.3 Å². The van der Waals surface area contributed by atoms with Crippen molar-refractivity contribution in [3.63, 3.8) is 0 Å². The molecule has 66 heavy (non-hydrogen) atoms. The number of para-hydroxylation sites is 1. The van der Waals surface area contributed by atoms with E-state index in [-0.39, 0.29) is 38.0 Å². The number of nitrogens with zero attached hydrogens (tertiary/aromatic N) is 5. The largest absolute Gasteiger partial charge is 0.494 e. The van der Waals surface area contributed by atoms with E-state index in [2.05, 4.69) is 0 Å². The van der Waals surface area contributed by atoms with Crippen molar-refractivity contribution in [3.8, 4) is 16.9 Å². The zero-order chi connectivity index (χ0) is 48.2. The minimum Gasteiger partial charge on any atom is -0.494 e. The summed E-state index contributed by atoms with van der Waals surface area (Å²) in [5.41, 5.74) is 6.15. The van der Waals surface area contributed by atoms with Gasteiger partial charge in [-0.1, -0.05) is 43.1 Å². The number of nitro groups is 1. The quantitative estimate of drug-likeness (QED) is 0.0196. The molecule has 0 aliphatic carbocycles. The van der Waals surface area contributed by atoms with Crippen molar-refractivity contribution in [2.75, 3.05) is 19.8 Å². The second-order valence-corrected chi connectivity index (χ2v) is 18.0. The molecule has 3 heterocycles. The molecule has 16 nitrogen and oxygen atoms in total. The zero-order valence-corrected chi connectivity index (χ0v) is 39.7. The predicted molar refractivity (Wildman–Crippen MR) is 249 cm³/mol. The summed E-state index contributed by atoms with van der Waals surface area (Å²) in [6.45, 7) is 16.2. The third-order valence-corrected chi connectivity index (χ3v) is 12.2. The Kier molecular flexibility index (Phi) is 15.2. The Morgan fingerprint density at radius 3 is 2.29 bits per heavy atom. The number of amides is 4. The van der Waals surface area contributed by atoms with Crippen LogP contribution in [-0.4, -0.2) is 85.7 Å². The lowest BCUT2D eigenvalue weighted by Gasteiger charge is -2.23. The first-order chi connectivity index (χ1) is 31.3. The number of nitrogens with one attached hydrogen (secondary N) is 1. The van der Waals surface area contributed by atoms with Gasteiger partial charge in [0.2, 0.25) is 12.3 Å². The molecular formula is C49H57ClN6O10. The van der Waals surface area contributed by atoms with E-state index in [1.807, 2.05) is 100 Å². The number of carbonyl (C=O) groups excluding carboxylic acids is 5. The molecule has 3 aromatic carbocycles. The molecule has 0 saturated heterocycles. The molecule has 0 bridgehead atoms. The van der Waals surface area contributed by atoms with E-state index in [1.165, 1.54) is 12.1 Å². The third-order valence-electron chi connectivity index (χ3n) is 11.6. The maximum Gasteiger partial charge on any atom is 0.355 e. The highest BCUT2D eigenvalue weighted by molar-refractivity contribution is 6.32. The van der Waals surface area contributed by atoms with Gasteiger partial charge in [-0.2, -0.15) is 5.10 Å². The fourth-order valence-electron chi connectivity index (χ4n) is 8.72. The smallest absolute Gasteiger partial charge is 0.355 e. The highest BCUT2D eigenvalue weighted by Gasteiger charge is 2.46. The van der Waals surface area contributed by atoms with E-state index in [9.17, 15) is 34.1 Å². The first-order valence-corrected chi connectivity index (χ1v) is 22.5. The maximum absolute atomic E-state index is 14.4. The number of benzene rings is 3. The number of fused-ring (bicyclic) bond motifs is 2. The van der Waals surface area contributed by atoms with Gasteiger partial charge in [0.25, 0.3) is 17.5 Å². The summed E-state index contributed by atoms with van der Waals surface area (Å²) in [5.74, 6) is -2.42. The van der Waals surface area contributed by atoms with Crippen LogP contribution in [0.4, 0.5) is 5.69 Å². The molecule has 4 amide bonds. The Hall–Kier alpha value is -6.39. The van der Waals surface area contributed by atoms with Crippen molar-refractivity contribution in [2.24, 2.45) is 7.05 Å². The van der Waals surface area contributed by atoms with Gasteiger partial charge in [0.15, 0.2) is 0 Å². The Balaban J connectivity index is 1.26. The molecule has 1 aliphatic rings. The van der Waals surface area contributed by atoms with Gasteiger partial charge in [0.1, 0.15) is 28.6 Å². The molecular weight excluding hydrogens is 868 g/mol. The number of aromatic nitrogens is 3. The summed E-state index contributed by atoms with van der Waals surface area (Å²) in [5, 5.41) is 20.5. The molecule has 5 aromatic rings. The predicted octanol–water partition coefficient (Wildman–Crippen LogP) is 8.49. The third kappa shape index (κ3) is 10.2. The Bertz CT molecular complexity index is 2710. The first-order valence-electron chi connectivity index (χ1n) is 22.1. The summed E-state index contributed by atoms with van der Waals surface area (Å²) in [7, 11) is 1.90. The minimum atomic E-state index is -1.32. The van der Waals surface area contributed by atoms with Crippen LogP contribution in [0.3, 0.4) is 0 Å². The first kappa shape index (κ1) is 49.1. The van der Waals surface area contributed by atoms with Crippen LogP contribution < -0.4 is 10.1 Å². The average molecular weight is 925 g/mol. The van der Waals surface area contributed by atoms with Crippen LogP contribution in [0.2, 0.25) is 5.02 Å². The van der Waals surface area contributed by atoms with E-state index in [4.69, 9.17) is 30.9 Å². The molecule has 2 aromatic heterocycles. The van der Waals surface area contributed by atoms with Crippen LogP contribution in [0, 0.1) is 37.8 Å². The van der Waals surface area contributed by atoms with Gasteiger partial charge in [-0.05, 0) is 121 Å². The number of rotatable bonds is 20. The second kappa shape index (κ2) is 20.4. The summed E-state index contributed by atoms with van der Waals surface area (Å²) >= 11 is 6.41. The standard InChI is InChI=1S/C49H57ClN6O10/c1-10-14-38(45(58)51-27-57)55-46(59)37-25-32(26-39(56(62)63)41(37)47(55)60)18-22-64-20-13-19-54-43-34(15-11-16-36(43)40-30(4)52-53(9)31(40)5)35(44(54)48(61)66-49(6,7)8)17-12-21-65-33-23-28(2)42(50)29(3)24-33/h11,15-16,23-27,38H,10,12-14,17-22H2,1-9H3,(H,51,57,58). The molecule has 1 aliphatic heterocycles. The monoisotopic (exact) mass is 924 g/mol. The number of nitro benzene ring substituents is 1. The lowest BCUT2D eigenvalue weighted by molar-refractivity contribution is -0.385. The normalized spacial score (nSPS) is 13.0. The fourth-order valence-corrected chi connectivity index (χ4v) is 8.83. The number of hydrogen-bond donors (Lipinski definition) is 1. The van der Waals surface area contributed by atoms with Crippen LogP contribution in [0.5, 0.6) is 5.75 Å². The Labute approximate surface area is 388 Å². The minimum absolute atomic E-state index is 0.0582. The molecule has 6 rings (SSSR count). The van der Waals surface area contributed by atoms with Crippen molar-refractivity contribution in [1.29, 1.82) is 0 Å². The van der Waals surface area contributed by atoms with Gasteiger partial charge in [-0.25, -0.2) is 4.79 Å². The van der Waals surface area contributed by atoms with Crippen LogP contribution >= 0.6 is 11.6 Å². The second-order valence-electron chi connectivity index (χ2n) is 17.6. The highest BCUT2D eigenvalue weighted by atomic mass is 35.5. The average Bonchev–Trinajstić information content (AvgIpc) is 3.80. The van der Waals surface area contributed by atoms with Crippen LogP contribution in [0.25, 0.3) is 22.0 Å². The fraction of sp³-hybridized carbons (Fsp3) is 0.429. The maximum atomic E-state index is 14.4. The van der Waals surface area contributed by atoms with Crippen molar-refractivity contribution < 1.29 is 43.1 Å². The number of ether oxygens (including phenoxy) is 3. The molecule has 350 valence electrons. The van der Waals surface area contributed by atoms with Crippen LogP contribution in [0.15, 0.2) is 42.5 Å². The van der Waals surface area contributed by atoms with E-state index in [0.717, 1.165) is 55.9 Å². The number of esters is 1. The molecule has 0 radical (unpaired) electrons. The van der Waals surface area contributed by atoms with Crippen molar-refractivity contribution in [1.82, 2.24) is 24.6 Å². The van der Waals surface area contributed by atoms with Gasteiger partial charge in [0.05, 0.1) is 34.9 Å². The van der Waals surface area contributed by atoms with Crippen molar-refractivity contribution in [3.05, 3.63) is 108 Å². The lowest BCUT2D eigenvalue weighted by atomic mass is 9.98. The van der Waals surface area contributed by atoms with Gasteiger partial charge in [-0.15, -0.1) is 0 Å². The van der Waals surface area contributed by atoms with E-state index in [1.54, 1.807) is 6.92 Å². The molecule has 1 atom stereocenters. The molecule has 0 fully saturated rings. The van der Waals surface area contributed by atoms with Crippen LogP contribution in [0.1, 0.15) is 118 Å². The lowest BCUT2D eigenvalue weighted by Crippen LogP contribution is -2.49. The highest BCUT2D eigenvalue weighted by Crippen LogP contribution is 2.39. The molecule has 1 N–H and O–H groups in total. The molecule has 17 heteroatoms. The molecule has 1 unspecified atom stereocenters. The van der Waals surface area contributed by atoms with Gasteiger partial charge in [0, 0.05) is 53.5 Å². The number of aryl methyl sites for hydroxylation is 6. The van der Waals surface area contributed by atoms with E-state index in [0.29, 0.717) is 60.0 Å². The Morgan fingerprint density at radius 2 is 1.67 bits per heavy atom. The van der Waals surface area contributed by atoms with E-state index < -0.39 is 51.5 Å². The SMILES string of the molecule is CCCC(C(=O)NC=O)N1C(=O)c2cc(CCOCCCn3c(C(=O)OC(C)(C)C)c(CCCOc4cc(C)c(Cl)c(C)c4)c4cccc(-c5c(C)nn(C)c5C)c43)cc([N+](=O)[O-])c2C1=O. The summed E-state index contributed by atoms with van der Waals surface area (Å²) in [6.07, 6.45) is 2.35. The van der Waals surface area contributed by atoms with E-state index >= 15 is 0 Å². The van der Waals surface area contributed by atoms with Gasteiger partial charge in [-0.3, -0.25) is 44.2 Å². The Morgan fingerprint density at radius 1 is 0.955 bits per heavy atom. The number of hydrogen-bond acceptors (Lipinski definition) is 11. The number of imide groups is 2. The molecule has 0 saturated carbocycles. The van der Waals surface area contributed by atoms with Gasteiger partial charge < -0.3 is 18.8 Å². The summed E-state index contributed by atoms with van der Waals surface area (Å²) in [6, 6.07) is 11.2. The zero-order valence-electron chi connectivity index (χ0n) is 39.0. The van der Waals surface area contributed by atoms with Gasteiger partial charge >= 0.3 is 5.97 Å². The topological polar surface area (TPSA) is 194 Å². The number of carbonyl (C=O) groups is 5. The van der Waals surface area contributed by atoms with Crippen molar-refractivity contribution in [2.45, 2.75) is 112 Å². The van der Waals surface area contributed by atoms with Crippen LogP contribution in [-0.2, 0) is 45.5 Å². The summed E-state index contributed by atoms with van der Waals surface area (Å²) < 4.78 is 22.2. The number of halogens is 1. The summed E-state index contributed by atoms with van der Waals surface area (Å²) in [4.78, 5) is 77.4. The molecule has 0 spiro atoms.